The van der Waals surface area contributed by atoms with Crippen LogP contribution in [0.2, 0.25) is 0 Å². The summed E-state index contributed by atoms with van der Waals surface area (Å²) in [6, 6.07) is 1.70. The number of nitrogens with zero attached hydrogens (tertiary/aromatic N) is 1. The molecule has 51 valence electrons. The van der Waals surface area contributed by atoms with Crippen molar-refractivity contribution in [2.24, 2.45) is 5.92 Å². The summed E-state index contributed by atoms with van der Waals surface area (Å²) in [4.78, 5) is 10.1. The predicted molar refractivity (Wildman–Crippen MR) is 37.4 cm³/mol. The summed E-state index contributed by atoms with van der Waals surface area (Å²) in [5.41, 5.74) is 0. The molecule has 0 rings (SSSR count). The van der Waals surface area contributed by atoms with Crippen molar-refractivity contribution in [1.82, 2.24) is 0 Å². The molecule has 0 aromatic heterocycles. The molecule has 4 heteroatoms. The summed E-state index contributed by atoms with van der Waals surface area (Å²) in [7, 11) is 0. The number of nitriles is 1. The van der Waals surface area contributed by atoms with E-state index < -0.39 is 11.9 Å². The molecule has 0 aliphatic heterocycles. The third kappa shape index (κ3) is 4.80. The molecule has 10 heavy (non-hydrogen) atoms. The Labute approximate surface area is 82.3 Å². The number of hydrogen-bond acceptors (Lipinski definition) is 2. The van der Waals surface area contributed by atoms with E-state index in [2.05, 4.69) is 0 Å². The van der Waals surface area contributed by atoms with Crippen LogP contribution >= 0.6 is 0 Å². The molecule has 0 saturated heterocycles. The van der Waals surface area contributed by atoms with Crippen LogP contribution in [-0.2, 0) is 4.79 Å². The molecular formula is C6H9NNaO2. The predicted octanol–water partition coefficient (Wildman–Crippen LogP) is 0.630. The smallest absolute Gasteiger partial charge is 0.320 e. The van der Waals surface area contributed by atoms with Gasteiger partial charge in [0, 0.05) is 29.6 Å². The topological polar surface area (TPSA) is 61.1 Å². The molecule has 3 nitrogen and oxygen atoms in total. The van der Waals surface area contributed by atoms with Gasteiger partial charge in [-0.1, -0.05) is 13.3 Å². The first kappa shape index (κ1) is 12.6. The molecule has 1 radical (unpaired) electrons. The Morgan fingerprint density at radius 3 is 2.40 bits per heavy atom. The standard InChI is InChI=1S/C6H9NO2.Na/c1-2-3-5(4-7)6(8)9;/h5H,2-3H2,1H3,(H,8,9);. The number of carboxylic acid groups (broad SMARTS) is 1. The fraction of sp³-hybridized carbons (Fsp3) is 0.667. The maximum Gasteiger partial charge on any atom is 0.320 e. The molecule has 0 saturated carbocycles. The fourth-order valence-corrected chi connectivity index (χ4v) is 0.532. The average Bonchev–Trinajstić information content (AvgIpc) is 1.82. The quantitative estimate of drug-likeness (QED) is 0.600. The number of rotatable bonds is 3. The molecule has 1 unspecified atom stereocenters. The summed E-state index contributed by atoms with van der Waals surface area (Å²) in [6.07, 6.45) is 1.19. The maximum absolute atomic E-state index is 10.1. The molecule has 0 aromatic rings. The molecule has 0 spiro atoms. The van der Waals surface area contributed by atoms with E-state index in [1.807, 2.05) is 6.92 Å². The van der Waals surface area contributed by atoms with Crippen LogP contribution in [0.1, 0.15) is 19.8 Å². The van der Waals surface area contributed by atoms with Gasteiger partial charge in [0.2, 0.25) is 0 Å². The van der Waals surface area contributed by atoms with Crippen molar-refractivity contribution in [3.05, 3.63) is 0 Å². The van der Waals surface area contributed by atoms with Crippen LogP contribution in [-0.4, -0.2) is 40.6 Å². The maximum atomic E-state index is 10.1. The van der Waals surface area contributed by atoms with Gasteiger partial charge in [-0.3, -0.25) is 4.79 Å². The molecular weight excluding hydrogens is 141 g/mol. The third-order valence-electron chi connectivity index (χ3n) is 1.03. The molecule has 1 N–H and O–H groups in total. The number of carboxylic acids is 1. The van der Waals surface area contributed by atoms with Crippen LogP contribution in [0, 0.1) is 17.2 Å². The van der Waals surface area contributed by atoms with Crippen LogP contribution in [0.25, 0.3) is 0 Å². The van der Waals surface area contributed by atoms with Crippen molar-refractivity contribution >= 4 is 35.5 Å². The van der Waals surface area contributed by atoms with E-state index in [0.29, 0.717) is 6.42 Å². The molecule has 1 atom stereocenters. The number of carbonyl (C=O) groups is 1. The normalized spacial score (nSPS) is 10.8. The first-order chi connectivity index (χ1) is 4.22. The van der Waals surface area contributed by atoms with Crippen LogP contribution in [0.4, 0.5) is 0 Å². The molecule has 0 bridgehead atoms. The van der Waals surface area contributed by atoms with Crippen LogP contribution in [0.3, 0.4) is 0 Å². The molecule has 0 heterocycles. The minimum absolute atomic E-state index is 0. The zero-order valence-corrected chi connectivity index (χ0v) is 8.29. The number of aliphatic carboxylic acids is 1. The summed E-state index contributed by atoms with van der Waals surface area (Å²) in [5.74, 6) is -1.82. The van der Waals surface area contributed by atoms with Crippen LogP contribution in [0.15, 0.2) is 0 Å². The average molecular weight is 150 g/mol. The van der Waals surface area contributed by atoms with Crippen molar-refractivity contribution in [1.29, 1.82) is 5.26 Å². The van der Waals surface area contributed by atoms with E-state index in [1.54, 1.807) is 6.07 Å². The second kappa shape index (κ2) is 7.07. The Morgan fingerprint density at radius 1 is 1.80 bits per heavy atom. The second-order valence-corrected chi connectivity index (χ2v) is 1.81. The van der Waals surface area contributed by atoms with Crippen molar-refractivity contribution in [3.8, 4) is 6.07 Å². The summed E-state index contributed by atoms with van der Waals surface area (Å²) < 4.78 is 0. The van der Waals surface area contributed by atoms with Gasteiger partial charge in [-0.25, -0.2) is 0 Å². The SMILES string of the molecule is CCCC(C#N)C(=O)O.[Na]. The van der Waals surface area contributed by atoms with Gasteiger partial charge in [-0.15, -0.1) is 0 Å². The Bertz CT molecular complexity index is 141. The van der Waals surface area contributed by atoms with E-state index in [1.165, 1.54) is 0 Å². The zero-order valence-electron chi connectivity index (χ0n) is 6.29. The largest absolute Gasteiger partial charge is 0.480 e. The van der Waals surface area contributed by atoms with E-state index in [9.17, 15) is 4.79 Å². The Morgan fingerprint density at radius 2 is 2.30 bits per heavy atom. The van der Waals surface area contributed by atoms with E-state index >= 15 is 0 Å². The molecule has 0 fully saturated rings. The summed E-state index contributed by atoms with van der Waals surface area (Å²) >= 11 is 0. The molecule has 0 amide bonds. The second-order valence-electron chi connectivity index (χ2n) is 1.81. The van der Waals surface area contributed by atoms with Crippen molar-refractivity contribution in [2.45, 2.75) is 19.8 Å². The van der Waals surface area contributed by atoms with Gasteiger partial charge in [-0.05, 0) is 6.42 Å². The molecule has 0 aliphatic carbocycles. The van der Waals surface area contributed by atoms with Crippen LogP contribution in [0.5, 0.6) is 0 Å². The monoisotopic (exact) mass is 150 g/mol. The first-order valence-electron chi connectivity index (χ1n) is 2.84. The molecule has 0 aromatic carbocycles. The van der Waals surface area contributed by atoms with Gasteiger partial charge in [-0.2, -0.15) is 5.26 Å². The Hall–Kier alpha value is -0.0400. The first-order valence-corrected chi connectivity index (χ1v) is 2.84. The van der Waals surface area contributed by atoms with E-state index in [0.717, 1.165) is 6.42 Å². The van der Waals surface area contributed by atoms with Crippen molar-refractivity contribution in [3.63, 3.8) is 0 Å². The van der Waals surface area contributed by atoms with E-state index in [4.69, 9.17) is 10.4 Å². The fourth-order valence-electron chi connectivity index (χ4n) is 0.532. The van der Waals surface area contributed by atoms with Crippen LogP contribution < -0.4 is 0 Å². The van der Waals surface area contributed by atoms with Gasteiger partial charge in [0.05, 0.1) is 6.07 Å². The van der Waals surface area contributed by atoms with Crippen molar-refractivity contribution in [2.75, 3.05) is 0 Å². The Balaban J connectivity index is 0. The Kier molecular flexibility index (Phi) is 8.92. The summed E-state index contributed by atoms with van der Waals surface area (Å²) in [6.45, 7) is 1.85. The number of hydrogen-bond donors (Lipinski definition) is 1. The minimum Gasteiger partial charge on any atom is -0.480 e. The molecule has 0 aliphatic rings. The van der Waals surface area contributed by atoms with Gasteiger partial charge in [0.1, 0.15) is 5.92 Å². The van der Waals surface area contributed by atoms with Gasteiger partial charge in [0.15, 0.2) is 0 Å². The van der Waals surface area contributed by atoms with Gasteiger partial charge >= 0.3 is 5.97 Å². The third-order valence-corrected chi connectivity index (χ3v) is 1.03. The van der Waals surface area contributed by atoms with Gasteiger partial charge in [0.25, 0.3) is 0 Å². The zero-order chi connectivity index (χ0) is 7.28. The summed E-state index contributed by atoms with van der Waals surface area (Å²) in [5, 5.41) is 16.5. The van der Waals surface area contributed by atoms with Gasteiger partial charge < -0.3 is 5.11 Å². The minimum atomic E-state index is -1.01. The van der Waals surface area contributed by atoms with E-state index in [-0.39, 0.29) is 29.6 Å². The van der Waals surface area contributed by atoms with Crippen molar-refractivity contribution < 1.29 is 9.90 Å².